The van der Waals surface area contributed by atoms with Crippen LogP contribution in [0, 0.1) is 0 Å². The van der Waals surface area contributed by atoms with Gasteiger partial charge in [-0.1, -0.05) is 30.3 Å². The molecule has 0 spiro atoms. The normalized spacial score (nSPS) is 10.7. The lowest BCUT2D eigenvalue weighted by atomic mass is 10.1. The molecule has 3 aromatic rings. The molecule has 0 fully saturated rings. The van der Waals surface area contributed by atoms with Crippen molar-refractivity contribution in [2.24, 2.45) is 0 Å². The Hall–Kier alpha value is -2.13. The molecule has 0 radical (unpaired) electrons. The van der Waals surface area contributed by atoms with Gasteiger partial charge in [0.2, 0.25) is 0 Å². The van der Waals surface area contributed by atoms with Crippen molar-refractivity contribution in [2.45, 2.75) is 0 Å². The molecule has 0 aliphatic rings. The van der Waals surface area contributed by atoms with E-state index in [0.717, 1.165) is 16.3 Å². The molecule has 1 aromatic heterocycles. The van der Waals surface area contributed by atoms with Gasteiger partial charge in [-0.2, -0.15) is 0 Å². The monoisotopic (exact) mass is 257 g/mol. The predicted molar refractivity (Wildman–Crippen MR) is 70.5 cm³/mol. The second-order valence-electron chi connectivity index (χ2n) is 3.92. The zero-order valence-corrected chi connectivity index (χ0v) is 10.0. The quantitative estimate of drug-likeness (QED) is 0.624. The molecule has 4 heteroatoms. The molecule has 0 aliphatic carbocycles. The number of carbonyl (C=O) groups excluding carboxylic acids is 1. The maximum absolute atomic E-state index is 11.6. The van der Waals surface area contributed by atoms with Crippen LogP contribution in [0.4, 0.5) is 0 Å². The summed E-state index contributed by atoms with van der Waals surface area (Å²) in [5.41, 5.74) is 1.80. The van der Waals surface area contributed by atoms with Crippen molar-refractivity contribution in [3.63, 3.8) is 0 Å². The molecule has 3 nitrogen and oxygen atoms in total. The maximum Gasteiger partial charge on any atom is 0.358 e. The van der Waals surface area contributed by atoms with E-state index in [2.05, 4.69) is 9.27 Å². The Bertz CT molecular complexity index is 755. The summed E-state index contributed by atoms with van der Waals surface area (Å²) in [5.74, 6) is -0.593. The summed E-state index contributed by atoms with van der Waals surface area (Å²) < 4.78 is 4.25. The molecule has 0 aliphatic heterocycles. The minimum absolute atomic E-state index is 0.369. The maximum atomic E-state index is 11.6. The highest BCUT2D eigenvalue weighted by Crippen LogP contribution is 2.22. The fraction of sp³-hybridized carbons (Fsp3) is 0. The van der Waals surface area contributed by atoms with Gasteiger partial charge in [0.05, 0.1) is 16.6 Å². The van der Waals surface area contributed by atoms with Crippen LogP contribution < -0.4 is 0 Å². The van der Waals surface area contributed by atoms with Crippen LogP contribution in [-0.2, 0) is 4.29 Å². The third kappa shape index (κ3) is 1.69. The molecule has 3 rings (SSSR count). The SMILES string of the molecule is O=C(OCl)c1cccc2cc3ccccc3nc12. The number of para-hydroxylation sites is 2. The molecular formula is C14H8ClNO2. The van der Waals surface area contributed by atoms with Crippen LogP contribution in [0.2, 0.25) is 0 Å². The van der Waals surface area contributed by atoms with Crippen molar-refractivity contribution in [2.75, 3.05) is 0 Å². The van der Waals surface area contributed by atoms with Crippen LogP contribution in [-0.4, -0.2) is 11.0 Å². The highest BCUT2D eigenvalue weighted by atomic mass is 35.5. The largest absolute Gasteiger partial charge is 0.358 e. The summed E-state index contributed by atoms with van der Waals surface area (Å²) in [6, 6.07) is 15.1. The Morgan fingerprint density at radius 1 is 1.06 bits per heavy atom. The predicted octanol–water partition coefficient (Wildman–Crippen LogP) is 3.70. The molecular weight excluding hydrogens is 250 g/mol. The first-order valence-corrected chi connectivity index (χ1v) is 5.72. The van der Waals surface area contributed by atoms with Crippen molar-refractivity contribution in [1.82, 2.24) is 4.98 Å². The summed E-state index contributed by atoms with van der Waals surface area (Å²) >= 11 is 5.13. The van der Waals surface area contributed by atoms with Crippen LogP contribution in [0.3, 0.4) is 0 Å². The van der Waals surface area contributed by atoms with E-state index >= 15 is 0 Å². The van der Waals surface area contributed by atoms with Gasteiger partial charge in [-0.25, -0.2) is 9.78 Å². The zero-order valence-electron chi connectivity index (χ0n) is 9.26. The first-order chi connectivity index (χ1) is 8.79. The molecule has 18 heavy (non-hydrogen) atoms. The van der Waals surface area contributed by atoms with E-state index in [1.165, 1.54) is 0 Å². The molecule has 0 atom stereocenters. The molecule has 0 bridgehead atoms. The minimum Gasteiger partial charge on any atom is -0.343 e. The Balaban J connectivity index is 2.39. The van der Waals surface area contributed by atoms with Crippen molar-refractivity contribution < 1.29 is 9.08 Å². The lowest BCUT2D eigenvalue weighted by molar-refractivity contribution is 0.0753. The van der Waals surface area contributed by atoms with Gasteiger partial charge in [0, 0.05) is 10.8 Å². The average molecular weight is 258 g/mol. The van der Waals surface area contributed by atoms with Crippen LogP contribution in [0.15, 0.2) is 48.5 Å². The Kier molecular flexibility index (Phi) is 2.61. The lowest BCUT2D eigenvalue weighted by Crippen LogP contribution is -2.00. The lowest BCUT2D eigenvalue weighted by Gasteiger charge is -2.04. The number of hydrogen-bond acceptors (Lipinski definition) is 3. The van der Waals surface area contributed by atoms with Crippen molar-refractivity contribution >= 4 is 39.6 Å². The summed E-state index contributed by atoms with van der Waals surface area (Å²) in [6.45, 7) is 0. The van der Waals surface area contributed by atoms with Crippen LogP contribution in [0.1, 0.15) is 10.4 Å². The first kappa shape index (κ1) is 11.0. The van der Waals surface area contributed by atoms with E-state index in [9.17, 15) is 4.79 Å². The van der Waals surface area contributed by atoms with Gasteiger partial charge < -0.3 is 4.29 Å². The summed E-state index contributed by atoms with van der Waals surface area (Å²) in [5, 5.41) is 1.91. The van der Waals surface area contributed by atoms with Gasteiger partial charge in [-0.15, -0.1) is 0 Å². The van der Waals surface area contributed by atoms with Gasteiger partial charge in [0.25, 0.3) is 0 Å². The fourth-order valence-electron chi connectivity index (χ4n) is 2.01. The van der Waals surface area contributed by atoms with E-state index in [1.54, 1.807) is 12.1 Å². The molecule has 1 heterocycles. The molecule has 0 N–H and O–H groups in total. The molecule has 88 valence electrons. The van der Waals surface area contributed by atoms with Gasteiger partial charge in [0.15, 0.2) is 0 Å². The highest BCUT2D eigenvalue weighted by molar-refractivity contribution is 6.18. The second kappa shape index (κ2) is 4.27. The third-order valence-corrected chi connectivity index (χ3v) is 2.98. The van der Waals surface area contributed by atoms with Gasteiger partial charge in [-0.3, -0.25) is 0 Å². The van der Waals surface area contributed by atoms with Crippen LogP contribution in [0.5, 0.6) is 0 Å². The fourth-order valence-corrected chi connectivity index (χ4v) is 2.09. The van der Waals surface area contributed by atoms with E-state index in [1.807, 2.05) is 36.4 Å². The topological polar surface area (TPSA) is 39.2 Å². The third-order valence-electron chi connectivity index (χ3n) is 2.84. The van der Waals surface area contributed by atoms with E-state index < -0.39 is 5.97 Å². The van der Waals surface area contributed by atoms with E-state index in [4.69, 9.17) is 11.9 Å². The van der Waals surface area contributed by atoms with Gasteiger partial charge in [-0.05, 0) is 18.2 Å². The second-order valence-corrected chi connectivity index (χ2v) is 4.08. The van der Waals surface area contributed by atoms with Crippen LogP contribution in [0.25, 0.3) is 21.8 Å². The Labute approximate surface area is 108 Å². The number of halogens is 1. The number of fused-ring (bicyclic) bond motifs is 2. The molecule has 0 unspecified atom stereocenters. The number of rotatable bonds is 1. The van der Waals surface area contributed by atoms with E-state index in [-0.39, 0.29) is 0 Å². The number of hydrogen-bond donors (Lipinski definition) is 0. The number of aromatic nitrogens is 1. The van der Waals surface area contributed by atoms with Gasteiger partial charge >= 0.3 is 5.97 Å². The number of benzene rings is 2. The summed E-state index contributed by atoms with van der Waals surface area (Å²) in [4.78, 5) is 16.1. The van der Waals surface area contributed by atoms with Crippen molar-refractivity contribution in [1.29, 1.82) is 0 Å². The Morgan fingerprint density at radius 3 is 2.67 bits per heavy atom. The molecule has 0 saturated carbocycles. The average Bonchev–Trinajstić information content (AvgIpc) is 2.43. The smallest absolute Gasteiger partial charge is 0.343 e. The first-order valence-electron chi connectivity index (χ1n) is 5.41. The van der Waals surface area contributed by atoms with Crippen molar-refractivity contribution in [3.8, 4) is 0 Å². The van der Waals surface area contributed by atoms with E-state index in [0.29, 0.717) is 11.1 Å². The number of carbonyl (C=O) groups is 1. The highest BCUT2D eigenvalue weighted by Gasteiger charge is 2.12. The summed E-state index contributed by atoms with van der Waals surface area (Å²) in [6.07, 6.45) is 0. The summed E-state index contributed by atoms with van der Waals surface area (Å²) in [7, 11) is 0. The minimum atomic E-state index is -0.593. The zero-order chi connectivity index (χ0) is 12.5. The van der Waals surface area contributed by atoms with Gasteiger partial charge in [0.1, 0.15) is 11.9 Å². The number of nitrogens with zero attached hydrogens (tertiary/aromatic N) is 1. The van der Waals surface area contributed by atoms with Crippen LogP contribution >= 0.6 is 11.9 Å². The molecule has 0 saturated heterocycles. The standard InChI is InChI=1S/C14H8ClNO2/c15-18-14(17)11-6-3-5-10-8-9-4-1-2-7-12(9)16-13(10)11/h1-8H. The van der Waals surface area contributed by atoms with Crippen molar-refractivity contribution in [3.05, 3.63) is 54.1 Å². The number of pyridine rings is 1. The Morgan fingerprint density at radius 2 is 1.83 bits per heavy atom. The molecule has 2 aromatic carbocycles. The molecule has 0 amide bonds.